The average molecular weight is 141 g/mol. The molecule has 0 spiro atoms. The molecular formula is C7H8OS. The van der Waals surface area contributed by atoms with Crippen LogP contribution in [0.1, 0.15) is 5.56 Å². The van der Waals surface area contributed by atoms with Gasteiger partial charge in [-0.3, -0.25) is 0 Å². The summed E-state index contributed by atoms with van der Waals surface area (Å²) in [6.45, 7) is 0. The minimum Gasteiger partial charge on any atom is -0.330 e. The van der Waals surface area contributed by atoms with E-state index < -0.39 is 0 Å². The van der Waals surface area contributed by atoms with Gasteiger partial charge in [-0.1, -0.05) is 30.3 Å². The second kappa shape index (κ2) is 3.54. The van der Waals surface area contributed by atoms with Crippen molar-refractivity contribution < 1.29 is 4.56 Å². The number of hydrogen-bond donors (Lipinski definition) is 1. The van der Waals surface area contributed by atoms with Gasteiger partial charge >= 0.3 is 0 Å². The summed E-state index contributed by atoms with van der Waals surface area (Å²) < 4.78 is 10.5. The average Bonchev–Trinajstić information content (AvgIpc) is 2.03. The first-order chi connectivity index (χ1) is 4.93. The van der Waals surface area contributed by atoms with Crippen LogP contribution in [0.3, 0.4) is 0 Å². The van der Waals surface area contributed by atoms with Gasteiger partial charge in [-0.15, -0.1) is 0 Å². The Labute approximate surface area is 60.4 Å². The summed E-state index contributed by atoms with van der Waals surface area (Å²) in [7, 11) is 0. The van der Waals surface area contributed by atoms with Gasteiger partial charge in [0.25, 0.3) is 0 Å². The van der Waals surface area contributed by atoms with Crippen LogP contribution in [0, 0.1) is 0 Å². The molecule has 0 aliphatic heterocycles. The maximum Gasteiger partial charge on any atom is 0.228 e. The lowest BCUT2D eigenvalue weighted by atomic mass is 10.2. The summed E-state index contributed by atoms with van der Waals surface area (Å²) in [6.07, 6.45) is 0. The third kappa shape index (κ3) is 2.08. The van der Waals surface area contributed by atoms with Gasteiger partial charge in [0.05, 0.1) is 0 Å². The van der Waals surface area contributed by atoms with E-state index in [0.29, 0.717) is 0 Å². The summed E-state index contributed by atoms with van der Waals surface area (Å²) in [4.78, 5) is 0. The van der Waals surface area contributed by atoms with Crippen LogP contribution in [-0.2, 0) is 5.75 Å². The Balaban J connectivity index is 2.43. The van der Waals surface area contributed by atoms with Crippen LogP contribution in [0.25, 0.3) is 1.43 Å². The minimum atomic E-state index is 0.740. The van der Waals surface area contributed by atoms with Gasteiger partial charge < -0.3 is 4.56 Å². The topological polar surface area (TPSA) is 20.2 Å². The molecule has 2 heteroatoms. The normalized spacial score (nSPS) is 10.9. The SMILES string of the molecule is [2H]OSCc1ccccc1. The fourth-order valence-corrected chi connectivity index (χ4v) is 0.971. The molecule has 0 radical (unpaired) electrons. The number of hydrogen-bond acceptors (Lipinski definition) is 2. The molecule has 0 saturated carbocycles. The van der Waals surface area contributed by atoms with E-state index in [1.807, 2.05) is 30.3 Å². The van der Waals surface area contributed by atoms with Crippen molar-refractivity contribution in [2.75, 3.05) is 0 Å². The van der Waals surface area contributed by atoms with E-state index in [9.17, 15) is 0 Å². The third-order valence-corrected chi connectivity index (χ3v) is 1.52. The van der Waals surface area contributed by atoms with Crippen molar-refractivity contribution in [1.82, 2.24) is 0 Å². The van der Waals surface area contributed by atoms with Gasteiger partial charge in [0.15, 0.2) is 0 Å². The predicted molar refractivity (Wildman–Crippen MR) is 40.4 cm³/mol. The first-order valence-corrected chi connectivity index (χ1v) is 3.63. The molecule has 1 N–H and O–H groups in total. The van der Waals surface area contributed by atoms with Crippen LogP contribution in [0.4, 0.5) is 0 Å². The zero-order chi connectivity index (χ0) is 7.23. The second-order valence-electron chi connectivity index (χ2n) is 1.75. The van der Waals surface area contributed by atoms with Crippen LogP contribution in [0.5, 0.6) is 0 Å². The molecule has 0 fully saturated rings. The van der Waals surface area contributed by atoms with E-state index in [4.69, 9.17) is 1.43 Å². The Bertz CT molecular complexity index is 178. The molecule has 0 saturated heterocycles. The fourth-order valence-electron chi connectivity index (χ4n) is 0.642. The molecule has 48 valence electrons. The summed E-state index contributed by atoms with van der Waals surface area (Å²) in [5.74, 6) is 0.740. The van der Waals surface area contributed by atoms with E-state index >= 15 is 0 Å². The van der Waals surface area contributed by atoms with Crippen molar-refractivity contribution in [3.63, 3.8) is 0 Å². The highest BCUT2D eigenvalue weighted by molar-refractivity contribution is 7.92. The Morgan fingerprint density at radius 3 is 2.89 bits per heavy atom. The van der Waals surface area contributed by atoms with Crippen molar-refractivity contribution >= 4 is 12.0 Å². The largest absolute Gasteiger partial charge is 0.330 e. The maximum atomic E-state index is 6.41. The van der Waals surface area contributed by atoms with Crippen LogP contribution in [0.15, 0.2) is 30.3 Å². The number of rotatable bonds is 3. The molecule has 0 aliphatic rings. The summed E-state index contributed by atoms with van der Waals surface area (Å²) in [5.41, 5.74) is 1.18. The number of benzene rings is 1. The zero-order valence-corrected chi connectivity index (χ0v) is 5.73. The molecule has 0 atom stereocenters. The lowest BCUT2D eigenvalue weighted by Gasteiger charge is -1.92. The molecule has 0 aliphatic carbocycles. The van der Waals surface area contributed by atoms with Crippen LogP contribution in [-0.4, -0.2) is 4.56 Å². The Morgan fingerprint density at radius 1 is 1.44 bits per heavy atom. The van der Waals surface area contributed by atoms with Gasteiger partial charge in [0.1, 0.15) is 0 Å². The second-order valence-corrected chi connectivity index (χ2v) is 2.27. The third-order valence-electron chi connectivity index (χ3n) is 1.07. The molecule has 1 rings (SSSR count). The van der Waals surface area contributed by atoms with Crippen molar-refractivity contribution in [1.29, 1.82) is 1.43 Å². The van der Waals surface area contributed by atoms with E-state index in [0.717, 1.165) is 17.8 Å². The highest BCUT2D eigenvalue weighted by Crippen LogP contribution is 2.06. The Hall–Kier alpha value is -0.470. The first kappa shape index (κ1) is 5.33. The van der Waals surface area contributed by atoms with Crippen LogP contribution >= 0.6 is 12.0 Å². The minimum absolute atomic E-state index is 0.740. The molecule has 1 aromatic carbocycles. The van der Waals surface area contributed by atoms with Crippen molar-refractivity contribution in [3.05, 3.63) is 35.9 Å². The highest BCUT2D eigenvalue weighted by atomic mass is 32.2. The van der Waals surface area contributed by atoms with E-state index in [1.165, 1.54) is 5.56 Å². The van der Waals surface area contributed by atoms with Gasteiger partial charge in [0, 0.05) is 5.75 Å². The van der Waals surface area contributed by atoms with E-state index in [-0.39, 0.29) is 0 Å². The van der Waals surface area contributed by atoms with Gasteiger partial charge in [-0.2, -0.15) is 0 Å². The van der Waals surface area contributed by atoms with Gasteiger partial charge in [0.2, 0.25) is 1.43 Å². The predicted octanol–water partition coefficient (Wildman–Crippen LogP) is 2.39. The monoisotopic (exact) mass is 141 g/mol. The molecule has 0 unspecified atom stereocenters. The molecule has 9 heavy (non-hydrogen) atoms. The lowest BCUT2D eigenvalue weighted by molar-refractivity contribution is 0.663. The standard InChI is InChI=1S/C7H8OS/c8-9-6-7-4-2-1-3-5-7/h1-5,8H,6H2/i/hD. The van der Waals surface area contributed by atoms with E-state index in [1.54, 1.807) is 0 Å². The molecule has 0 amide bonds. The lowest BCUT2D eigenvalue weighted by Crippen LogP contribution is -1.75. The van der Waals surface area contributed by atoms with Crippen molar-refractivity contribution in [3.8, 4) is 0 Å². The molecular weight excluding hydrogens is 132 g/mol. The molecule has 0 heterocycles. The Kier molecular flexibility index (Phi) is 2.09. The first-order valence-electron chi connectivity index (χ1n) is 3.13. The fraction of sp³-hybridized carbons (Fsp3) is 0.143. The summed E-state index contributed by atoms with van der Waals surface area (Å²) in [6, 6.07) is 9.92. The van der Waals surface area contributed by atoms with Gasteiger partial charge in [-0.05, 0) is 17.6 Å². The van der Waals surface area contributed by atoms with Crippen molar-refractivity contribution in [2.45, 2.75) is 5.75 Å². The van der Waals surface area contributed by atoms with Crippen molar-refractivity contribution in [2.24, 2.45) is 0 Å². The van der Waals surface area contributed by atoms with Crippen LogP contribution in [0.2, 0.25) is 0 Å². The van der Waals surface area contributed by atoms with E-state index in [2.05, 4.69) is 4.56 Å². The van der Waals surface area contributed by atoms with Gasteiger partial charge in [-0.25, -0.2) is 0 Å². The summed E-state index contributed by atoms with van der Waals surface area (Å²) in [5, 5.41) is 0. The maximum absolute atomic E-state index is 6.41. The molecule has 0 bridgehead atoms. The summed E-state index contributed by atoms with van der Waals surface area (Å²) >= 11 is 1.13. The zero-order valence-electron chi connectivity index (χ0n) is 5.91. The highest BCUT2D eigenvalue weighted by Gasteiger charge is 1.86. The molecule has 1 aromatic rings. The Morgan fingerprint density at radius 2 is 2.22 bits per heavy atom. The smallest absolute Gasteiger partial charge is 0.228 e. The molecule has 0 aromatic heterocycles. The molecule has 1 nitrogen and oxygen atoms in total. The quantitative estimate of drug-likeness (QED) is 0.652. The van der Waals surface area contributed by atoms with Crippen LogP contribution < -0.4 is 0 Å².